The van der Waals surface area contributed by atoms with Crippen LogP contribution in [0, 0.1) is 22.9 Å². The summed E-state index contributed by atoms with van der Waals surface area (Å²) in [5.74, 6) is -0.537. The zero-order valence-electron chi connectivity index (χ0n) is 8.81. The molecule has 2 N–H and O–H groups in total. The summed E-state index contributed by atoms with van der Waals surface area (Å²) in [7, 11) is 0. The lowest BCUT2D eigenvalue weighted by Gasteiger charge is -2.00. The van der Waals surface area contributed by atoms with Gasteiger partial charge in [0.2, 0.25) is 5.88 Å². The van der Waals surface area contributed by atoms with Crippen LogP contribution in [0.3, 0.4) is 0 Å². The van der Waals surface area contributed by atoms with Crippen LogP contribution >= 0.6 is 0 Å². The molecule has 0 atom stereocenters. The van der Waals surface area contributed by atoms with Crippen LogP contribution in [0.2, 0.25) is 0 Å². The van der Waals surface area contributed by atoms with Crippen molar-refractivity contribution in [2.75, 3.05) is 5.73 Å². The smallest absolute Gasteiger partial charge is 0.279 e. The maximum absolute atomic E-state index is 13.1. The summed E-state index contributed by atoms with van der Waals surface area (Å²) >= 11 is 0. The number of nitrogen functional groups attached to an aromatic ring is 1. The molecule has 0 aliphatic rings. The van der Waals surface area contributed by atoms with Gasteiger partial charge in [-0.15, -0.1) is 0 Å². The first-order valence-corrected chi connectivity index (χ1v) is 4.66. The number of aromatic nitrogens is 1. The van der Waals surface area contributed by atoms with Crippen molar-refractivity contribution < 1.29 is 13.8 Å². The summed E-state index contributed by atoms with van der Waals surface area (Å²) in [5.41, 5.74) is 5.87. The highest BCUT2D eigenvalue weighted by atomic mass is 19.1. The van der Waals surface area contributed by atoms with Crippen LogP contribution in [0.15, 0.2) is 22.7 Å². The lowest BCUT2D eigenvalue weighted by atomic mass is 10.1. The van der Waals surface area contributed by atoms with Gasteiger partial charge in [-0.3, -0.25) is 10.1 Å². The molecular weight excluding hydrogens is 229 g/mol. The summed E-state index contributed by atoms with van der Waals surface area (Å²) in [6.45, 7) is 1.59. The van der Waals surface area contributed by atoms with Gasteiger partial charge in [-0.1, -0.05) is 5.16 Å². The molecule has 0 radical (unpaired) electrons. The highest BCUT2D eigenvalue weighted by Crippen LogP contribution is 2.33. The topological polar surface area (TPSA) is 95.2 Å². The second kappa shape index (κ2) is 3.85. The van der Waals surface area contributed by atoms with Crippen LogP contribution in [0.4, 0.5) is 16.0 Å². The molecule has 0 unspecified atom stereocenters. The Hall–Kier alpha value is -2.44. The van der Waals surface area contributed by atoms with Crippen LogP contribution in [0.1, 0.15) is 5.56 Å². The average molecular weight is 237 g/mol. The maximum atomic E-state index is 13.1. The highest BCUT2D eigenvalue weighted by Gasteiger charge is 2.21. The lowest BCUT2D eigenvalue weighted by Crippen LogP contribution is -1.94. The predicted octanol–water partition coefficient (Wildman–Crippen LogP) is 2.28. The van der Waals surface area contributed by atoms with E-state index in [1.54, 1.807) is 6.92 Å². The normalized spacial score (nSPS) is 10.5. The average Bonchev–Trinajstić information content (AvgIpc) is 2.59. The van der Waals surface area contributed by atoms with Crippen molar-refractivity contribution in [3.05, 3.63) is 39.7 Å². The van der Waals surface area contributed by atoms with Crippen molar-refractivity contribution in [1.82, 2.24) is 5.16 Å². The SMILES string of the molecule is Cc1c(-c2cc(F)ccc2[N+](=O)[O-])noc1N. The zero-order chi connectivity index (χ0) is 12.6. The minimum absolute atomic E-state index is 0.0490. The first-order chi connectivity index (χ1) is 8.00. The first kappa shape index (κ1) is 11.1. The van der Waals surface area contributed by atoms with Gasteiger partial charge in [0, 0.05) is 11.6 Å². The van der Waals surface area contributed by atoms with Crippen LogP contribution < -0.4 is 5.73 Å². The van der Waals surface area contributed by atoms with Crippen LogP contribution in [-0.4, -0.2) is 10.1 Å². The van der Waals surface area contributed by atoms with Crippen molar-refractivity contribution in [2.24, 2.45) is 0 Å². The van der Waals surface area contributed by atoms with Crippen LogP contribution in [-0.2, 0) is 0 Å². The molecule has 0 saturated carbocycles. The third-order valence-electron chi connectivity index (χ3n) is 2.37. The Morgan fingerprint density at radius 2 is 2.24 bits per heavy atom. The minimum atomic E-state index is -0.612. The van der Waals surface area contributed by atoms with Gasteiger partial charge in [0.15, 0.2) is 0 Å². The van der Waals surface area contributed by atoms with Gasteiger partial charge in [0.05, 0.1) is 10.5 Å². The second-order valence-corrected chi connectivity index (χ2v) is 3.44. The number of benzene rings is 1. The number of rotatable bonds is 2. The minimum Gasteiger partial charge on any atom is -0.367 e. The van der Waals surface area contributed by atoms with E-state index in [2.05, 4.69) is 5.16 Å². The molecule has 2 aromatic rings. The zero-order valence-corrected chi connectivity index (χ0v) is 8.81. The summed E-state index contributed by atoms with van der Waals surface area (Å²) in [6.07, 6.45) is 0. The van der Waals surface area contributed by atoms with E-state index in [0.29, 0.717) is 5.56 Å². The van der Waals surface area contributed by atoms with Crippen LogP contribution in [0.5, 0.6) is 0 Å². The molecule has 0 fully saturated rings. The predicted molar refractivity (Wildman–Crippen MR) is 57.7 cm³/mol. The third kappa shape index (κ3) is 1.82. The number of hydrogen-bond acceptors (Lipinski definition) is 5. The van der Waals surface area contributed by atoms with Gasteiger partial charge in [-0.25, -0.2) is 4.39 Å². The Morgan fingerprint density at radius 1 is 1.53 bits per heavy atom. The standard InChI is InChI=1S/C10H8FN3O3/c1-5-9(13-17-10(5)12)7-4-6(11)2-3-8(7)14(15)16/h2-4H,12H2,1H3. The molecule has 0 amide bonds. The van der Waals surface area contributed by atoms with Crippen molar-refractivity contribution >= 4 is 11.6 Å². The molecule has 2 rings (SSSR count). The van der Waals surface area contributed by atoms with Crippen molar-refractivity contribution in [1.29, 1.82) is 0 Å². The molecule has 7 heteroatoms. The molecule has 0 aliphatic carbocycles. The Bertz CT molecular complexity index is 594. The number of nitro benzene ring substituents is 1. The summed E-state index contributed by atoms with van der Waals surface area (Å²) < 4.78 is 17.8. The lowest BCUT2D eigenvalue weighted by molar-refractivity contribution is -0.384. The van der Waals surface area contributed by atoms with E-state index in [4.69, 9.17) is 10.3 Å². The largest absolute Gasteiger partial charge is 0.367 e. The Kier molecular flexibility index (Phi) is 2.51. The number of anilines is 1. The fourth-order valence-electron chi connectivity index (χ4n) is 1.46. The number of halogens is 1. The van der Waals surface area contributed by atoms with E-state index in [-0.39, 0.29) is 22.8 Å². The van der Waals surface area contributed by atoms with Gasteiger partial charge in [-0.2, -0.15) is 0 Å². The maximum Gasteiger partial charge on any atom is 0.279 e. The molecule has 88 valence electrons. The Balaban J connectivity index is 2.69. The molecule has 0 aliphatic heterocycles. The van der Waals surface area contributed by atoms with E-state index >= 15 is 0 Å². The van der Waals surface area contributed by atoms with Gasteiger partial charge in [-0.05, 0) is 19.1 Å². The van der Waals surface area contributed by atoms with Gasteiger partial charge >= 0.3 is 0 Å². The quantitative estimate of drug-likeness (QED) is 0.638. The first-order valence-electron chi connectivity index (χ1n) is 4.66. The molecule has 1 heterocycles. The van der Waals surface area contributed by atoms with E-state index in [1.807, 2.05) is 0 Å². The van der Waals surface area contributed by atoms with Gasteiger partial charge in [0.25, 0.3) is 5.69 Å². The Labute approximate surface area is 95.0 Å². The number of hydrogen-bond donors (Lipinski definition) is 1. The van der Waals surface area contributed by atoms with E-state index < -0.39 is 10.7 Å². The molecule has 6 nitrogen and oxygen atoms in total. The fourth-order valence-corrected chi connectivity index (χ4v) is 1.46. The molecule has 0 saturated heterocycles. The summed E-state index contributed by atoms with van der Waals surface area (Å²) in [4.78, 5) is 10.2. The monoisotopic (exact) mass is 237 g/mol. The molecule has 0 spiro atoms. The molecule has 1 aromatic carbocycles. The third-order valence-corrected chi connectivity index (χ3v) is 2.37. The van der Waals surface area contributed by atoms with E-state index in [1.165, 1.54) is 0 Å². The molecular formula is C10H8FN3O3. The fraction of sp³-hybridized carbons (Fsp3) is 0.100. The number of nitro groups is 1. The van der Waals surface area contributed by atoms with Crippen molar-refractivity contribution in [3.8, 4) is 11.3 Å². The van der Waals surface area contributed by atoms with Gasteiger partial charge in [0.1, 0.15) is 11.5 Å². The molecule has 1 aromatic heterocycles. The molecule has 0 bridgehead atoms. The van der Waals surface area contributed by atoms with E-state index in [0.717, 1.165) is 18.2 Å². The summed E-state index contributed by atoms with van der Waals surface area (Å²) in [6, 6.07) is 3.12. The van der Waals surface area contributed by atoms with Crippen molar-refractivity contribution in [3.63, 3.8) is 0 Å². The van der Waals surface area contributed by atoms with Gasteiger partial charge < -0.3 is 10.3 Å². The van der Waals surface area contributed by atoms with Crippen molar-refractivity contribution in [2.45, 2.75) is 6.92 Å². The van der Waals surface area contributed by atoms with E-state index in [9.17, 15) is 14.5 Å². The molecule has 17 heavy (non-hydrogen) atoms. The Morgan fingerprint density at radius 3 is 2.76 bits per heavy atom. The number of nitrogens with two attached hydrogens (primary N) is 1. The van der Waals surface area contributed by atoms with Crippen LogP contribution in [0.25, 0.3) is 11.3 Å². The highest BCUT2D eigenvalue weighted by molar-refractivity contribution is 5.74. The number of nitrogens with zero attached hydrogens (tertiary/aromatic N) is 2. The summed E-state index contributed by atoms with van der Waals surface area (Å²) in [5, 5.41) is 14.4. The second-order valence-electron chi connectivity index (χ2n) is 3.44.